The van der Waals surface area contributed by atoms with Crippen molar-refractivity contribution >= 4 is 17.5 Å². The summed E-state index contributed by atoms with van der Waals surface area (Å²) in [6, 6.07) is 12.0. The van der Waals surface area contributed by atoms with E-state index in [0.29, 0.717) is 19.7 Å². The largest absolute Gasteiger partial charge is 0.371 e. The van der Waals surface area contributed by atoms with Crippen LogP contribution in [0.2, 0.25) is 0 Å². The Balaban J connectivity index is 1.52. The lowest BCUT2D eigenvalue weighted by atomic mass is 10.1. The number of carbonyl (C=O) groups excluding carboxylic acids is 2. The molecule has 0 spiro atoms. The summed E-state index contributed by atoms with van der Waals surface area (Å²) in [6.45, 7) is 5.73. The van der Waals surface area contributed by atoms with Gasteiger partial charge in [-0.15, -0.1) is 0 Å². The maximum Gasteiger partial charge on any atom is 0.243 e. The van der Waals surface area contributed by atoms with Gasteiger partial charge in [0.15, 0.2) is 0 Å². The molecule has 3 rings (SSSR count). The number of hydrogen-bond acceptors (Lipinski definition) is 4. The normalized spacial score (nSPS) is 16.9. The Hall–Kier alpha value is -2.77. The molecule has 1 unspecified atom stereocenters. The second-order valence-corrected chi connectivity index (χ2v) is 7.71. The molecule has 2 aromatic rings. The van der Waals surface area contributed by atoms with Crippen LogP contribution in [0.1, 0.15) is 22.8 Å². The molecule has 7 heteroatoms. The molecule has 6 nitrogen and oxygen atoms in total. The van der Waals surface area contributed by atoms with Crippen LogP contribution in [0, 0.1) is 19.7 Å². The van der Waals surface area contributed by atoms with Crippen molar-refractivity contribution in [1.29, 1.82) is 0 Å². The number of likely N-dealkylation sites (N-methyl/N-ethyl adjacent to an activating group) is 1. The highest BCUT2D eigenvalue weighted by atomic mass is 19.1. The van der Waals surface area contributed by atoms with E-state index in [2.05, 4.69) is 5.32 Å². The van der Waals surface area contributed by atoms with Gasteiger partial charge in [-0.25, -0.2) is 4.39 Å². The first kappa shape index (κ1) is 21.9. The fourth-order valence-corrected chi connectivity index (χ4v) is 3.53. The predicted molar refractivity (Wildman–Crippen MR) is 114 cm³/mol. The van der Waals surface area contributed by atoms with Crippen LogP contribution in [0.5, 0.6) is 0 Å². The van der Waals surface area contributed by atoms with Crippen LogP contribution in [0.15, 0.2) is 42.5 Å². The maximum absolute atomic E-state index is 13.1. The zero-order chi connectivity index (χ0) is 21.7. The lowest BCUT2D eigenvalue weighted by Crippen LogP contribution is -2.46. The summed E-state index contributed by atoms with van der Waals surface area (Å²) in [5, 5.41) is 2.90. The third kappa shape index (κ3) is 5.64. The van der Waals surface area contributed by atoms with Gasteiger partial charge in [-0.05, 0) is 42.7 Å². The van der Waals surface area contributed by atoms with Crippen molar-refractivity contribution in [2.45, 2.75) is 20.0 Å². The van der Waals surface area contributed by atoms with E-state index in [0.717, 1.165) is 22.4 Å². The molecule has 0 bridgehead atoms. The van der Waals surface area contributed by atoms with E-state index in [4.69, 9.17) is 4.74 Å². The Bertz CT molecular complexity index is 881. The van der Waals surface area contributed by atoms with Crippen LogP contribution in [-0.2, 0) is 14.3 Å². The number of carbonyl (C=O) groups is 2. The van der Waals surface area contributed by atoms with Gasteiger partial charge in [0, 0.05) is 25.8 Å². The minimum atomic E-state index is -0.289. The number of nitrogens with zero attached hydrogens (tertiary/aromatic N) is 2. The molecule has 30 heavy (non-hydrogen) atoms. The number of nitrogens with one attached hydrogen (secondary N) is 1. The average molecular weight is 413 g/mol. The van der Waals surface area contributed by atoms with E-state index in [1.807, 2.05) is 36.9 Å². The first-order chi connectivity index (χ1) is 14.3. The predicted octanol–water partition coefficient (Wildman–Crippen LogP) is 2.91. The molecule has 1 heterocycles. The van der Waals surface area contributed by atoms with Crippen molar-refractivity contribution < 1.29 is 18.7 Å². The van der Waals surface area contributed by atoms with Crippen LogP contribution in [0.4, 0.5) is 10.1 Å². The Morgan fingerprint density at radius 2 is 1.83 bits per heavy atom. The van der Waals surface area contributed by atoms with Crippen LogP contribution in [-0.4, -0.2) is 61.4 Å². The van der Waals surface area contributed by atoms with Crippen molar-refractivity contribution in [3.63, 3.8) is 0 Å². The van der Waals surface area contributed by atoms with E-state index in [1.54, 1.807) is 19.2 Å². The molecule has 2 aromatic carbocycles. The lowest BCUT2D eigenvalue weighted by Gasteiger charge is -2.33. The van der Waals surface area contributed by atoms with Crippen molar-refractivity contribution in [2.75, 3.05) is 45.2 Å². The fraction of sp³-hybridized carbons (Fsp3) is 0.391. The number of halogens is 1. The minimum Gasteiger partial charge on any atom is -0.371 e. The number of anilines is 1. The molecule has 1 fully saturated rings. The number of ether oxygens (including phenoxy) is 1. The van der Waals surface area contributed by atoms with Crippen molar-refractivity contribution in [1.82, 2.24) is 9.80 Å². The quantitative estimate of drug-likeness (QED) is 0.791. The highest BCUT2D eigenvalue weighted by Gasteiger charge is 2.25. The topological polar surface area (TPSA) is 61.9 Å². The third-order valence-electron chi connectivity index (χ3n) is 5.30. The summed E-state index contributed by atoms with van der Waals surface area (Å²) in [5.41, 5.74) is 3.64. The van der Waals surface area contributed by atoms with Crippen LogP contribution < -0.4 is 5.32 Å². The molecule has 1 aliphatic rings. The number of para-hydroxylation sites is 1. The monoisotopic (exact) mass is 413 g/mol. The van der Waals surface area contributed by atoms with Gasteiger partial charge in [0.25, 0.3) is 0 Å². The molecular formula is C23H28FN3O3. The second kappa shape index (κ2) is 9.82. The van der Waals surface area contributed by atoms with E-state index >= 15 is 0 Å². The molecule has 1 atom stereocenters. The Morgan fingerprint density at radius 1 is 1.17 bits per heavy atom. The number of rotatable bonds is 6. The number of benzene rings is 2. The first-order valence-corrected chi connectivity index (χ1v) is 10.0. The summed E-state index contributed by atoms with van der Waals surface area (Å²) >= 11 is 0. The van der Waals surface area contributed by atoms with Crippen LogP contribution in [0.3, 0.4) is 0 Å². The van der Waals surface area contributed by atoms with Gasteiger partial charge >= 0.3 is 0 Å². The fourth-order valence-electron chi connectivity index (χ4n) is 3.53. The minimum absolute atomic E-state index is 0.0155. The zero-order valence-electron chi connectivity index (χ0n) is 17.7. The summed E-state index contributed by atoms with van der Waals surface area (Å²) in [7, 11) is 1.63. The summed E-state index contributed by atoms with van der Waals surface area (Å²) in [4.78, 5) is 28.5. The highest BCUT2D eigenvalue weighted by Crippen LogP contribution is 2.22. The molecule has 2 amide bonds. The summed E-state index contributed by atoms with van der Waals surface area (Å²) in [6.07, 6.45) is -0.204. The Kier molecular flexibility index (Phi) is 7.18. The lowest BCUT2D eigenvalue weighted by molar-refractivity contribution is -0.136. The molecule has 160 valence electrons. The maximum atomic E-state index is 13.1. The van der Waals surface area contributed by atoms with Crippen LogP contribution in [0.25, 0.3) is 0 Å². The standard InChI is InChI=1S/C23H28FN3O3/c1-16-5-4-6-17(2)23(16)25-21(28)14-26(3)22(29)15-27-11-12-30-20(13-27)18-7-9-19(24)10-8-18/h4-10,20H,11-15H2,1-3H3,(H,25,28). The van der Waals surface area contributed by atoms with Gasteiger partial charge in [-0.3, -0.25) is 14.5 Å². The van der Waals surface area contributed by atoms with E-state index in [9.17, 15) is 14.0 Å². The van der Waals surface area contributed by atoms with Crippen LogP contribution >= 0.6 is 0 Å². The van der Waals surface area contributed by atoms with E-state index < -0.39 is 0 Å². The molecule has 0 aromatic heterocycles. The van der Waals surface area contributed by atoms with Crippen molar-refractivity contribution in [3.8, 4) is 0 Å². The number of morpholine rings is 1. The molecule has 1 saturated heterocycles. The van der Waals surface area contributed by atoms with Gasteiger partial charge in [-0.1, -0.05) is 30.3 Å². The highest BCUT2D eigenvalue weighted by molar-refractivity contribution is 5.95. The van der Waals surface area contributed by atoms with Gasteiger partial charge in [0.2, 0.25) is 11.8 Å². The second-order valence-electron chi connectivity index (χ2n) is 7.71. The van der Waals surface area contributed by atoms with Crippen molar-refractivity contribution in [2.24, 2.45) is 0 Å². The van der Waals surface area contributed by atoms with E-state index in [-0.39, 0.29) is 36.8 Å². The zero-order valence-corrected chi connectivity index (χ0v) is 17.7. The number of hydrogen-bond donors (Lipinski definition) is 1. The average Bonchev–Trinajstić information content (AvgIpc) is 2.71. The Labute approximate surface area is 176 Å². The summed E-state index contributed by atoms with van der Waals surface area (Å²) in [5.74, 6) is -0.650. The molecule has 0 saturated carbocycles. The van der Waals surface area contributed by atoms with Gasteiger partial charge in [-0.2, -0.15) is 0 Å². The molecule has 1 aliphatic heterocycles. The van der Waals surface area contributed by atoms with E-state index in [1.165, 1.54) is 17.0 Å². The van der Waals surface area contributed by atoms with Gasteiger partial charge < -0.3 is 15.0 Å². The van der Waals surface area contributed by atoms with Gasteiger partial charge in [0.1, 0.15) is 5.82 Å². The Morgan fingerprint density at radius 3 is 2.50 bits per heavy atom. The number of aryl methyl sites for hydroxylation is 2. The molecule has 1 N–H and O–H groups in total. The van der Waals surface area contributed by atoms with Crippen molar-refractivity contribution in [3.05, 3.63) is 65.0 Å². The third-order valence-corrected chi connectivity index (χ3v) is 5.30. The molecular weight excluding hydrogens is 385 g/mol. The first-order valence-electron chi connectivity index (χ1n) is 10.0. The number of amides is 2. The molecule has 0 aliphatic carbocycles. The van der Waals surface area contributed by atoms with Gasteiger partial charge in [0.05, 0.1) is 25.8 Å². The SMILES string of the molecule is Cc1cccc(C)c1NC(=O)CN(C)C(=O)CN1CCOC(c2ccc(F)cc2)C1. The smallest absolute Gasteiger partial charge is 0.243 e. The summed E-state index contributed by atoms with van der Waals surface area (Å²) < 4.78 is 18.9. The molecule has 0 radical (unpaired) electrons.